The third-order valence-electron chi connectivity index (χ3n) is 4.15. The van der Waals surface area contributed by atoms with Gasteiger partial charge in [0.25, 0.3) is 0 Å². The van der Waals surface area contributed by atoms with Crippen LogP contribution in [-0.2, 0) is 14.4 Å². The third-order valence-corrected chi connectivity index (χ3v) is 4.15. The van der Waals surface area contributed by atoms with E-state index in [0.29, 0.717) is 16.2 Å². The number of nitrogens with zero attached hydrogens (tertiary/aromatic N) is 2. The van der Waals surface area contributed by atoms with E-state index in [-0.39, 0.29) is 0 Å². The molecule has 0 radical (unpaired) electrons. The van der Waals surface area contributed by atoms with Crippen molar-refractivity contribution >= 4 is 34.7 Å². The van der Waals surface area contributed by atoms with Crippen LogP contribution < -0.4 is 5.32 Å². The fourth-order valence-corrected chi connectivity index (χ4v) is 2.83. The first-order chi connectivity index (χ1) is 12.3. The number of furan rings is 1. The number of benzene rings is 1. The summed E-state index contributed by atoms with van der Waals surface area (Å²) in [7, 11) is 0. The second-order valence-corrected chi connectivity index (χ2v) is 6.42. The minimum Gasteiger partial charge on any atom is -0.459 e. The predicted molar refractivity (Wildman–Crippen MR) is 91.9 cm³/mol. The van der Waals surface area contributed by atoms with Gasteiger partial charge in [-0.15, -0.1) is 0 Å². The molecule has 136 valence electrons. The summed E-state index contributed by atoms with van der Waals surface area (Å²) in [6, 6.07) is 7.57. The highest BCUT2D eigenvalue weighted by molar-refractivity contribution is 6.45. The number of hydrogen-bond donors (Lipinski definition) is 1. The Labute approximate surface area is 149 Å². The first-order valence-corrected chi connectivity index (χ1v) is 8.26. The molecule has 2 aromatic rings. The van der Waals surface area contributed by atoms with Gasteiger partial charge in [-0.2, -0.15) is 0 Å². The monoisotopic (exact) mass is 357 g/mol. The molecule has 0 aliphatic carbocycles. The van der Waals surface area contributed by atoms with Gasteiger partial charge in [-0.25, -0.2) is 9.69 Å². The van der Waals surface area contributed by atoms with Crippen LogP contribution in [0.1, 0.15) is 32.6 Å². The molecule has 1 atom stereocenters. The van der Waals surface area contributed by atoms with Crippen LogP contribution in [-0.4, -0.2) is 46.1 Å². The van der Waals surface area contributed by atoms with Gasteiger partial charge in [-0.3, -0.25) is 19.3 Å². The van der Waals surface area contributed by atoms with Gasteiger partial charge in [0.1, 0.15) is 17.9 Å². The number of carbonyl (C=O) groups is 4. The maximum absolute atomic E-state index is 12.2. The zero-order valence-corrected chi connectivity index (χ0v) is 14.7. The van der Waals surface area contributed by atoms with Gasteiger partial charge < -0.3 is 9.73 Å². The van der Waals surface area contributed by atoms with Crippen molar-refractivity contribution < 1.29 is 23.6 Å². The van der Waals surface area contributed by atoms with E-state index in [9.17, 15) is 19.2 Å². The number of hydrogen-bond acceptors (Lipinski definition) is 5. The number of urea groups is 1. The number of fused-ring (bicyclic) bond motifs is 1. The van der Waals surface area contributed by atoms with E-state index in [0.717, 1.165) is 10.3 Å². The molecule has 8 nitrogen and oxygen atoms in total. The maximum Gasteiger partial charge on any atom is 0.334 e. The first kappa shape index (κ1) is 17.7. The van der Waals surface area contributed by atoms with Crippen molar-refractivity contribution in [3.05, 3.63) is 36.1 Å². The normalized spacial score (nSPS) is 16.1. The molecule has 0 unspecified atom stereocenters. The second kappa shape index (κ2) is 6.62. The molecule has 26 heavy (non-hydrogen) atoms. The van der Waals surface area contributed by atoms with Crippen LogP contribution in [0.3, 0.4) is 0 Å². The number of rotatable bonds is 5. The molecule has 1 aliphatic rings. The summed E-state index contributed by atoms with van der Waals surface area (Å²) in [4.78, 5) is 49.7. The van der Waals surface area contributed by atoms with E-state index in [1.54, 1.807) is 20.8 Å². The summed E-state index contributed by atoms with van der Waals surface area (Å²) in [6.07, 6.45) is 0. The number of para-hydroxylation sites is 1. The zero-order chi connectivity index (χ0) is 19.0. The average molecular weight is 357 g/mol. The Hall–Kier alpha value is -3.16. The molecule has 1 fully saturated rings. The lowest BCUT2D eigenvalue weighted by Gasteiger charge is -2.19. The van der Waals surface area contributed by atoms with Crippen molar-refractivity contribution in [3.63, 3.8) is 0 Å². The van der Waals surface area contributed by atoms with E-state index in [1.165, 1.54) is 0 Å². The minimum absolute atomic E-state index is 0.457. The van der Waals surface area contributed by atoms with Gasteiger partial charge in [0.2, 0.25) is 5.91 Å². The quantitative estimate of drug-likeness (QED) is 0.650. The fourth-order valence-electron chi connectivity index (χ4n) is 2.83. The Balaban J connectivity index is 1.67. The van der Waals surface area contributed by atoms with Gasteiger partial charge in [-0.05, 0) is 32.9 Å². The van der Waals surface area contributed by atoms with Crippen LogP contribution in [0.15, 0.2) is 34.7 Å². The van der Waals surface area contributed by atoms with Gasteiger partial charge in [0.15, 0.2) is 0 Å². The largest absolute Gasteiger partial charge is 0.459 e. The van der Waals surface area contributed by atoms with Crippen molar-refractivity contribution in [3.8, 4) is 0 Å². The van der Waals surface area contributed by atoms with Crippen molar-refractivity contribution in [2.45, 2.75) is 32.9 Å². The molecular formula is C18H19N3O5. The summed E-state index contributed by atoms with van der Waals surface area (Å²) in [5.74, 6) is -1.91. The molecule has 1 N–H and O–H groups in total. The molecule has 2 heterocycles. The van der Waals surface area contributed by atoms with E-state index in [2.05, 4.69) is 5.32 Å². The standard InChI is InChI=1S/C18H19N3O5/c1-10(2)21-17(24)16(23)20(18(21)25)9-15(22)19-11(3)14-8-12-6-4-5-7-13(12)26-14/h4-8,10-11H,9H2,1-3H3,(H,19,22)/t11-/m1/s1. The van der Waals surface area contributed by atoms with Crippen LogP contribution >= 0.6 is 0 Å². The van der Waals surface area contributed by atoms with Crippen molar-refractivity contribution in [2.24, 2.45) is 0 Å². The van der Waals surface area contributed by atoms with Gasteiger partial charge >= 0.3 is 17.8 Å². The molecule has 0 spiro atoms. The highest BCUT2D eigenvalue weighted by Gasteiger charge is 2.46. The summed E-state index contributed by atoms with van der Waals surface area (Å²) in [5.41, 5.74) is 0.701. The van der Waals surface area contributed by atoms with E-state index < -0.39 is 42.4 Å². The lowest BCUT2D eigenvalue weighted by molar-refractivity contribution is -0.144. The summed E-state index contributed by atoms with van der Waals surface area (Å²) in [5, 5.41) is 3.58. The van der Waals surface area contributed by atoms with Crippen LogP contribution in [0.25, 0.3) is 11.0 Å². The second-order valence-electron chi connectivity index (χ2n) is 6.42. The Morgan fingerprint density at radius 3 is 2.42 bits per heavy atom. The third kappa shape index (κ3) is 3.05. The molecule has 0 bridgehead atoms. The van der Waals surface area contributed by atoms with Crippen molar-refractivity contribution in [2.75, 3.05) is 6.54 Å². The number of amides is 5. The van der Waals surface area contributed by atoms with Crippen molar-refractivity contribution in [1.82, 2.24) is 15.1 Å². The summed E-state index contributed by atoms with van der Waals surface area (Å²) >= 11 is 0. The molecule has 1 saturated heterocycles. The number of nitrogens with one attached hydrogen (secondary N) is 1. The van der Waals surface area contributed by atoms with E-state index in [4.69, 9.17) is 4.42 Å². The fraction of sp³-hybridized carbons (Fsp3) is 0.333. The Bertz CT molecular complexity index is 868. The zero-order valence-electron chi connectivity index (χ0n) is 14.7. The Morgan fingerprint density at radius 1 is 1.12 bits per heavy atom. The molecule has 1 aromatic heterocycles. The molecule has 3 rings (SSSR count). The molecule has 8 heteroatoms. The smallest absolute Gasteiger partial charge is 0.334 e. The minimum atomic E-state index is -0.991. The van der Waals surface area contributed by atoms with Gasteiger partial charge in [0.05, 0.1) is 6.04 Å². The summed E-state index contributed by atoms with van der Waals surface area (Å²) in [6.45, 7) is 4.46. The number of carbonyl (C=O) groups excluding carboxylic acids is 4. The predicted octanol–water partition coefficient (Wildman–Crippen LogP) is 1.81. The maximum atomic E-state index is 12.2. The van der Waals surface area contributed by atoms with Crippen LogP contribution in [0, 0.1) is 0 Å². The van der Waals surface area contributed by atoms with Crippen LogP contribution in [0.4, 0.5) is 4.79 Å². The highest BCUT2D eigenvalue weighted by atomic mass is 16.3. The van der Waals surface area contributed by atoms with Crippen LogP contribution in [0.5, 0.6) is 0 Å². The molecular weight excluding hydrogens is 338 g/mol. The van der Waals surface area contributed by atoms with Gasteiger partial charge in [-0.1, -0.05) is 18.2 Å². The first-order valence-electron chi connectivity index (χ1n) is 8.26. The Morgan fingerprint density at radius 2 is 1.81 bits per heavy atom. The van der Waals surface area contributed by atoms with E-state index in [1.807, 2.05) is 30.3 Å². The molecule has 1 aliphatic heterocycles. The highest BCUT2D eigenvalue weighted by Crippen LogP contribution is 2.23. The molecule has 5 amide bonds. The lowest BCUT2D eigenvalue weighted by Crippen LogP contribution is -2.43. The van der Waals surface area contributed by atoms with Crippen LogP contribution in [0.2, 0.25) is 0 Å². The molecule has 1 aromatic carbocycles. The van der Waals surface area contributed by atoms with Gasteiger partial charge in [0, 0.05) is 11.4 Å². The SMILES string of the molecule is CC(C)N1C(=O)C(=O)N(CC(=O)N[C@H](C)c2cc3ccccc3o2)C1=O. The van der Waals surface area contributed by atoms with Crippen molar-refractivity contribution in [1.29, 1.82) is 0 Å². The lowest BCUT2D eigenvalue weighted by atomic mass is 10.2. The topological polar surface area (TPSA) is 99.9 Å². The summed E-state index contributed by atoms with van der Waals surface area (Å²) < 4.78 is 5.68. The number of imide groups is 2. The average Bonchev–Trinajstić information content (AvgIpc) is 3.10. The Kier molecular flexibility index (Phi) is 4.50. The molecule has 0 saturated carbocycles. The van der Waals surface area contributed by atoms with E-state index >= 15 is 0 Å².